The smallest absolute Gasteiger partial charge is 0.416 e. The van der Waals surface area contributed by atoms with Crippen molar-refractivity contribution in [2.75, 3.05) is 43.5 Å². The number of hydrogen-bond donors (Lipinski definition) is 1. The Labute approximate surface area is 183 Å². The Morgan fingerprint density at radius 3 is 2.53 bits per heavy atom. The first-order valence-electron chi connectivity index (χ1n) is 9.34. The summed E-state index contributed by atoms with van der Waals surface area (Å²) in [6.45, 7) is 0.819. The van der Waals surface area contributed by atoms with Gasteiger partial charge in [0.2, 0.25) is 5.71 Å². The summed E-state index contributed by atoms with van der Waals surface area (Å²) in [6, 6.07) is 3.32. The van der Waals surface area contributed by atoms with E-state index < -0.39 is 23.6 Å². The minimum absolute atomic E-state index is 0.0231. The van der Waals surface area contributed by atoms with Gasteiger partial charge in [-0.25, -0.2) is 14.2 Å². The molecule has 1 fully saturated rings. The molecule has 0 spiro atoms. The molecule has 0 saturated carbocycles. The molecule has 1 aliphatic rings. The minimum Gasteiger partial charge on any atom is -0.478 e. The number of methoxy groups -OCH3 is 1. The number of rotatable bonds is 3. The lowest BCUT2D eigenvalue weighted by Crippen LogP contribution is -2.50. The van der Waals surface area contributed by atoms with E-state index in [1.165, 1.54) is 18.1 Å². The molecule has 3 aromatic rings. The van der Waals surface area contributed by atoms with Crippen molar-refractivity contribution in [1.29, 1.82) is 0 Å². The molecule has 3 heterocycles. The van der Waals surface area contributed by atoms with Crippen molar-refractivity contribution in [2.45, 2.75) is 6.18 Å². The molecule has 0 radical (unpaired) electrons. The number of carbonyl (C=O) groups is 1. The molecular weight excluding hydrogens is 458 g/mol. The fraction of sp³-hybridized carbons (Fsp3) is 0.316. The van der Waals surface area contributed by atoms with Crippen LogP contribution in [0.5, 0.6) is 5.88 Å². The van der Waals surface area contributed by atoms with Crippen molar-refractivity contribution in [3.8, 4) is 5.88 Å². The fourth-order valence-electron chi connectivity index (χ4n) is 3.31. The molecule has 0 unspecified atom stereocenters. The molecule has 1 N–H and O–H groups in total. The van der Waals surface area contributed by atoms with Crippen molar-refractivity contribution < 1.29 is 31.5 Å². The third-order valence-corrected chi connectivity index (χ3v) is 5.05. The number of halogens is 5. The van der Waals surface area contributed by atoms with Crippen molar-refractivity contribution in [3.05, 3.63) is 40.9 Å². The number of furan rings is 1. The second-order valence-corrected chi connectivity index (χ2v) is 7.30. The zero-order chi connectivity index (χ0) is 23.0. The van der Waals surface area contributed by atoms with Crippen molar-refractivity contribution in [3.63, 3.8) is 0 Å². The van der Waals surface area contributed by atoms with E-state index in [1.807, 2.05) is 0 Å². The number of aromatic nitrogens is 2. The van der Waals surface area contributed by atoms with Gasteiger partial charge >= 0.3 is 12.2 Å². The number of alkyl halides is 3. The average Bonchev–Trinajstić information content (AvgIpc) is 3.11. The van der Waals surface area contributed by atoms with Crippen LogP contribution in [0.4, 0.5) is 33.9 Å². The van der Waals surface area contributed by atoms with Gasteiger partial charge in [-0.05, 0) is 29.8 Å². The molecule has 13 heteroatoms. The van der Waals surface area contributed by atoms with Crippen LogP contribution >= 0.6 is 11.6 Å². The zero-order valence-electron chi connectivity index (χ0n) is 16.5. The highest BCUT2D eigenvalue weighted by atomic mass is 35.5. The predicted molar refractivity (Wildman–Crippen MR) is 108 cm³/mol. The van der Waals surface area contributed by atoms with Gasteiger partial charge in [-0.3, -0.25) is 5.32 Å². The minimum atomic E-state index is -4.65. The van der Waals surface area contributed by atoms with Crippen molar-refractivity contribution in [2.24, 2.45) is 0 Å². The molecule has 0 bridgehead atoms. The van der Waals surface area contributed by atoms with Gasteiger partial charge in [0.05, 0.1) is 12.7 Å². The number of amides is 2. The second-order valence-electron chi connectivity index (χ2n) is 6.92. The Balaban J connectivity index is 1.44. The van der Waals surface area contributed by atoms with Crippen LogP contribution in [0.25, 0.3) is 11.2 Å². The normalized spacial score (nSPS) is 14.7. The van der Waals surface area contributed by atoms with E-state index in [-0.39, 0.29) is 54.5 Å². The van der Waals surface area contributed by atoms with E-state index in [0.717, 1.165) is 12.1 Å². The molecule has 0 aliphatic carbocycles. The Morgan fingerprint density at radius 1 is 1.16 bits per heavy atom. The largest absolute Gasteiger partial charge is 0.478 e. The van der Waals surface area contributed by atoms with Gasteiger partial charge in [0, 0.05) is 37.9 Å². The number of ether oxygens (including phenoxy) is 1. The SMILES string of the molecule is COc1nc2oc(Cl)cc2nc1NC(=O)N1CCN(c2cc(F)cc(C(F)(F)F)c2)CC1. The van der Waals surface area contributed by atoms with Crippen LogP contribution < -0.4 is 15.0 Å². The summed E-state index contributed by atoms with van der Waals surface area (Å²) in [5.74, 6) is -0.893. The molecule has 32 heavy (non-hydrogen) atoms. The molecule has 170 valence electrons. The van der Waals surface area contributed by atoms with Gasteiger partial charge in [0.15, 0.2) is 11.0 Å². The lowest BCUT2D eigenvalue weighted by atomic mass is 10.1. The number of carbonyl (C=O) groups excluding carboxylic acids is 1. The Kier molecular flexibility index (Phi) is 5.71. The summed E-state index contributed by atoms with van der Waals surface area (Å²) in [5.41, 5.74) is -0.491. The molecule has 1 saturated heterocycles. The van der Waals surface area contributed by atoms with E-state index in [1.54, 1.807) is 4.90 Å². The fourth-order valence-corrected chi connectivity index (χ4v) is 3.49. The van der Waals surface area contributed by atoms with Gasteiger partial charge in [0.1, 0.15) is 11.3 Å². The number of nitrogens with zero attached hydrogens (tertiary/aromatic N) is 4. The maximum Gasteiger partial charge on any atom is 0.416 e. The van der Waals surface area contributed by atoms with Crippen LogP contribution in [0.15, 0.2) is 28.7 Å². The molecule has 2 amide bonds. The number of fused-ring (bicyclic) bond motifs is 1. The Hall–Kier alpha value is -3.28. The van der Waals surface area contributed by atoms with E-state index in [9.17, 15) is 22.4 Å². The van der Waals surface area contributed by atoms with E-state index in [4.69, 9.17) is 20.8 Å². The molecule has 0 atom stereocenters. The Bertz CT molecular complexity index is 1160. The van der Waals surface area contributed by atoms with Crippen LogP contribution in [-0.2, 0) is 6.18 Å². The molecule has 1 aromatic carbocycles. The maximum absolute atomic E-state index is 13.7. The van der Waals surface area contributed by atoms with Gasteiger partial charge < -0.3 is 19.0 Å². The van der Waals surface area contributed by atoms with Crippen molar-refractivity contribution >= 4 is 40.4 Å². The highest BCUT2D eigenvalue weighted by molar-refractivity contribution is 6.29. The maximum atomic E-state index is 13.7. The van der Waals surface area contributed by atoms with Gasteiger partial charge in [-0.15, -0.1) is 0 Å². The van der Waals surface area contributed by atoms with Gasteiger partial charge in [-0.2, -0.15) is 18.2 Å². The monoisotopic (exact) mass is 473 g/mol. The summed E-state index contributed by atoms with van der Waals surface area (Å²) in [7, 11) is 1.35. The highest BCUT2D eigenvalue weighted by Gasteiger charge is 2.32. The van der Waals surface area contributed by atoms with E-state index in [2.05, 4.69) is 15.3 Å². The topological polar surface area (TPSA) is 83.7 Å². The molecule has 4 rings (SSSR count). The average molecular weight is 474 g/mol. The number of hydrogen-bond acceptors (Lipinski definition) is 6. The van der Waals surface area contributed by atoms with E-state index >= 15 is 0 Å². The quantitative estimate of drug-likeness (QED) is 0.568. The highest BCUT2D eigenvalue weighted by Crippen LogP contribution is 2.33. The van der Waals surface area contributed by atoms with E-state index in [0.29, 0.717) is 11.6 Å². The lowest BCUT2D eigenvalue weighted by Gasteiger charge is -2.36. The number of benzene rings is 1. The lowest BCUT2D eigenvalue weighted by molar-refractivity contribution is -0.137. The number of anilines is 2. The second kappa shape index (κ2) is 8.34. The van der Waals surface area contributed by atoms with Crippen LogP contribution in [0.2, 0.25) is 5.22 Å². The molecular formula is C19H16ClF4N5O3. The number of urea groups is 1. The zero-order valence-corrected chi connectivity index (χ0v) is 17.3. The summed E-state index contributed by atoms with van der Waals surface area (Å²) < 4.78 is 62.9. The molecule has 1 aliphatic heterocycles. The number of piperazine rings is 1. The summed E-state index contributed by atoms with van der Waals surface area (Å²) in [6.07, 6.45) is -4.65. The van der Waals surface area contributed by atoms with Gasteiger partial charge in [0.25, 0.3) is 5.88 Å². The molecule has 8 nitrogen and oxygen atoms in total. The van der Waals surface area contributed by atoms with Crippen LogP contribution in [0, 0.1) is 5.82 Å². The summed E-state index contributed by atoms with van der Waals surface area (Å²) >= 11 is 5.79. The van der Waals surface area contributed by atoms with Crippen LogP contribution in [0.1, 0.15) is 5.56 Å². The van der Waals surface area contributed by atoms with Crippen molar-refractivity contribution in [1.82, 2.24) is 14.9 Å². The third-order valence-electron chi connectivity index (χ3n) is 4.86. The van der Waals surface area contributed by atoms with Crippen LogP contribution in [0.3, 0.4) is 0 Å². The summed E-state index contributed by atoms with van der Waals surface area (Å²) in [4.78, 5) is 24.0. The third kappa shape index (κ3) is 4.49. The first kappa shape index (κ1) is 21.9. The first-order chi connectivity index (χ1) is 15.1. The standard InChI is InChI=1S/C19H16ClF4N5O3/c1-31-17-15(25-13-9-14(20)32-16(13)27-17)26-18(30)29-4-2-28(3-5-29)12-7-10(19(22,23)24)6-11(21)8-12/h6-9H,2-5H2,1H3,(H,25,26,30). The van der Waals surface area contributed by atoms with Gasteiger partial charge in [-0.1, -0.05) is 0 Å². The summed E-state index contributed by atoms with van der Waals surface area (Å²) in [5, 5.41) is 2.68. The Morgan fingerprint density at radius 2 is 1.88 bits per heavy atom. The first-order valence-corrected chi connectivity index (χ1v) is 9.71. The van der Waals surface area contributed by atoms with Crippen LogP contribution in [-0.4, -0.2) is 54.2 Å². The predicted octanol–water partition coefficient (Wildman–Crippen LogP) is 4.40. The number of nitrogens with one attached hydrogen (secondary N) is 1. The molecule has 2 aromatic heterocycles.